The fourth-order valence-electron chi connectivity index (χ4n) is 1.98. The lowest BCUT2D eigenvalue weighted by Gasteiger charge is -2.29. The molecular weight excluding hydrogens is 164 g/mol. The second-order valence-electron chi connectivity index (χ2n) is 5.06. The quantitative estimate of drug-likeness (QED) is 0.673. The molecule has 1 aliphatic rings. The molecule has 1 fully saturated rings. The molecule has 1 aliphatic heterocycles. The largest absolute Gasteiger partial charge is 0.329 e. The molecule has 0 aliphatic carbocycles. The smallest absolute Gasteiger partial charge is 0.0599 e. The Morgan fingerprint density at radius 3 is 2.58 bits per heavy atom. The lowest BCUT2D eigenvalue weighted by molar-refractivity contribution is 0.295. The molecule has 1 rings (SSSR count). The van der Waals surface area contributed by atoms with Crippen LogP contribution in [0.2, 0.25) is 19.6 Å². The van der Waals surface area contributed by atoms with E-state index in [9.17, 15) is 0 Å². The molecule has 1 saturated heterocycles. The maximum atomic E-state index is 5.72. The summed E-state index contributed by atoms with van der Waals surface area (Å²) in [6.07, 6.45) is 4.00. The third-order valence-corrected chi connectivity index (χ3v) is 3.80. The minimum absolute atomic E-state index is 0.691. The van der Waals surface area contributed by atoms with Gasteiger partial charge in [0.15, 0.2) is 0 Å². The number of nitrogens with two attached hydrogens (primary N) is 1. The van der Waals surface area contributed by atoms with E-state index in [4.69, 9.17) is 5.73 Å². The van der Waals surface area contributed by atoms with Gasteiger partial charge in [0, 0.05) is 12.6 Å². The standard InChI is InChI=1S/C9H22N2Si/c1-12(2,3)8-11-6-4-5-9(11)7-10/h9H,4-8,10H2,1-3H3. The van der Waals surface area contributed by atoms with E-state index in [0.29, 0.717) is 6.04 Å². The van der Waals surface area contributed by atoms with Crippen LogP contribution in [0.5, 0.6) is 0 Å². The van der Waals surface area contributed by atoms with E-state index in [1.807, 2.05) is 0 Å². The van der Waals surface area contributed by atoms with Gasteiger partial charge in [-0.3, -0.25) is 0 Å². The fraction of sp³-hybridized carbons (Fsp3) is 1.00. The molecule has 1 unspecified atom stereocenters. The van der Waals surface area contributed by atoms with E-state index in [0.717, 1.165) is 6.54 Å². The van der Waals surface area contributed by atoms with Crippen LogP contribution in [0.25, 0.3) is 0 Å². The van der Waals surface area contributed by atoms with Gasteiger partial charge < -0.3 is 10.6 Å². The highest BCUT2D eigenvalue weighted by molar-refractivity contribution is 6.76. The first-order valence-electron chi connectivity index (χ1n) is 4.97. The zero-order valence-corrected chi connectivity index (χ0v) is 9.64. The molecule has 0 aromatic rings. The van der Waals surface area contributed by atoms with Crippen molar-refractivity contribution in [2.24, 2.45) is 5.73 Å². The fourth-order valence-corrected chi connectivity index (χ4v) is 3.61. The van der Waals surface area contributed by atoms with Gasteiger partial charge in [0.25, 0.3) is 0 Å². The summed E-state index contributed by atoms with van der Waals surface area (Å²) in [5, 5.41) is 0. The molecule has 12 heavy (non-hydrogen) atoms. The van der Waals surface area contributed by atoms with Gasteiger partial charge in [0.1, 0.15) is 0 Å². The molecule has 0 radical (unpaired) electrons. The van der Waals surface area contributed by atoms with Gasteiger partial charge in [0.05, 0.1) is 8.07 Å². The van der Waals surface area contributed by atoms with Crippen molar-refractivity contribution in [2.75, 3.05) is 19.3 Å². The van der Waals surface area contributed by atoms with E-state index >= 15 is 0 Å². The summed E-state index contributed by atoms with van der Waals surface area (Å²) >= 11 is 0. The van der Waals surface area contributed by atoms with Gasteiger partial charge >= 0.3 is 0 Å². The maximum Gasteiger partial charge on any atom is 0.0599 e. The molecule has 0 aromatic heterocycles. The van der Waals surface area contributed by atoms with Gasteiger partial charge in [-0.2, -0.15) is 0 Å². The zero-order chi connectivity index (χ0) is 9.19. The number of rotatable bonds is 3. The summed E-state index contributed by atoms with van der Waals surface area (Å²) in [7, 11) is -0.910. The first-order chi connectivity index (χ1) is 5.53. The van der Waals surface area contributed by atoms with Crippen molar-refractivity contribution in [3.8, 4) is 0 Å². The predicted octanol–water partition coefficient (Wildman–Crippen LogP) is 1.29. The maximum absolute atomic E-state index is 5.72. The first kappa shape index (κ1) is 10.2. The van der Waals surface area contributed by atoms with Crippen LogP contribution >= 0.6 is 0 Å². The van der Waals surface area contributed by atoms with E-state index in [-0.39, 0.29) is 0 Å². The Bertz CT molecular complexity index is 142. The molecule has 2 N–H and O–H groups in total. The Balaban J connectivity index is 2.41. The van der Waals surface area contributed by atoms with Crippen LogP contribution in [0, 0.1) is 0 Å². The molecule has 3 heteroatoms. The monoisotopic (exact) mass is 186 g/mol. The molecule has 1 atom stereocenters. The highest BCUT2D eigenvalue weighted by atomic mass is 28.3. The molecular formula is C9H22N2Si. The molecule has 0 amide bonds. The summed E-state index contributed by atoms with van der Waals surface area (Å²) < 4.78 is 0. The molecule has 72 valence electrons. The van der Waals surface area contributed by atoms with Crippen molar-refractivity contribution in [2.45, 2.75) is 38.5 Å². The lowest BCUT2D eigenvalue weighted by Crippen LogP contribution is -2.45. The Hall–Kier alpha value is 0.137. The molecule has 1 heterocycles. The Morgan fingerprint density at radius 1 is 1.42 bits per heavy atom. The Kier molecular flexibility index (Phi) is 3.32. The Morgan fingerprint density at radius 2 is 2.08 bits per heavy atom. The first-order valence-corrected chi connectivity index (χ1v) is 8.68. The van der Waals surface area contributed by atoms with E-state index < -0.39 is 8.07 Å². The third kappa shape index (κ3) is 2.88. The molecule has 0 saturated carbocycles. The minimum Gasteiger partial charge on any atom is -0.329 e. The number of likely N-dealkylation sites (tertiary alicyclic amines) is 1. The van der Waals surface area contributed by atoms with Gasteiger partial charge in [0.2, 0.25) is 0 Å². The van der Waals surface area contributed by atoms with Crippen molar-refractivity contribution in [3.05, 3.63) is 0 Å². The second-order valence-corrected chi connectivity index (χ2v) is 10.5. The van der Waals surface area contributed by atoms with Crippen molar-refractivity contribution in [1.29, 1.82) is 0 Å². The normalized spacial score (nSPS) is 26.5. The number of hydrogen-bond donors (Lipinski definition) is 1. The third-order valence-electron chi connectivity index (χ3n) is 2.45. The molecule has 0 aromatic carbocycles. The van der Waals surface area contributed by atoms with Gasteiger partial charge in [-0.15, -0.1) is 0 Å². The van der Waals surface area contributed by atoms with Gasteiger partial charge in [-0.05, 0) is 25.6 Å². The zero-order valence-electron chi connectivity index (χ0n) is 8.64. The second kappa shape index (κ2) is 3.90. The van der Waals surface area contributed by atoms with E-state index in [2.05, 4.69) is 24.5 Å². The molecule has 2 nitrogen and oxygen atoms in total. The summed E-state index contributed by atoms with van der Waals surface area (Å²) in [4.78, 5) is 2.60. The lowest BCUT2D eigenvalue weighted by atomic mass is 10.2. The highest BCUT2D eigenvalue weighted by Gasteiger charge is 2.27. The van der Waals surface area contributed by atoms with Crippen LogP contribution in [0.15, 0.2) is 0 Å². The van der Waals surface area contributed by atoms with Crippen LogP contribution in [-0.4, -0.2) is 38.3 Å². The molecule has 0 bridgehead atoms. The van der Waals surface area contributed by atoms with Crippen LogP contribution in [0.4, 0.5) is 0 Å². The summed E-state index contributed by atoms with van der Waals surface area (Å²) in [6, 6.07) is 0.691. The number of hydrogen-bond acceptors (Lipinski definition) is 2. The van der Waals surface area contributed by atoms with Crippen molar-refractivity contribution in [3.63, 3.8) is 0 Å². The Labute approximate surface area is 77.1 Å². The van der Waals surface area contributed by atoms with Crippen LogP contribution < -0.4 is 5.73 Å². The number of nitrogens with zero attached hydrogens (tertiary/aromatic N) is 1. The minimum atomic E-state index is -0.910. The van der Waals surface area contributed by atoms with Crippen LogP contribution in [-0.2, 0) is 0 Å². The van der Waals surface area contributed by atoms with Crippen LogP contribution in [0.1, 0.15) is 12.8 Å². The van der Waals surface area contributed by atoms with Crippen molar-refractivity contribution < 1.29 is 0 Å². The highest BCUT2D eigenvalue weighted by Crippen LogP contribution is 2.18. The predicted molar refractivity (Wildman–Crippen MR) is 57.0 cm³/mol. The van der Waals surface area contributed by atoms with Gasteiger partial charge in [-0.1, -0.05) is 19.6 Å². The topological polar surface area (TPSA) is 29.3 Å². The molecule has 0 spiro atoms. The summed E-state index contributed by atoms with van der Waals surface area (Å²) in [6.45, 7) is 9.42. The average molecular weight is 186 g/mol. The van der Waals surface area contributed by atoms with Crippen molar-refractivity contribution >= 4 is 8.07 Å². The van der Waals surface area contributed by atoms with Crippen LogP contribution in [0.3, 0.4) is 0 Å². The van der Waals surface area contributed by atoms with E-state index in [1.165, 1.54) is 25.6 Å². The van der Waals surface area contributed by atoms with Gasteiger partial charge in [-0.25, -0.2) is 0 Å². The average Bonchev–Trinajstić information content (AvgIpc) is 2.31. The van der Waals surface area contributed by atoms with E-state index in [1.54, 1.807) is 0 Å². The summed E-state index contributed by atoms with van der Waals surface area (Å²) in [5.74, 6) is 0. The SMILES string of the molecule is C[Si](C)(C)CN1CCCC1CN. The summed E-state index contributed by atoms with van der Waals surface area (Å²) in [5.41, 5.74) is 5.72. The van der Waals surface area contributed by atoms with Crippen molar-refractivity contribution in [1.82, 2.24) is 4.90 Å².